The topological polar surface area (TPSA) is 88.3 Å². The van der Waals surface area contributed by atoms with Gasteiger partial charge in [-0.05, 0) is 61.1 Å². The summed E-state index contributed by atoms with van der Waals surface area (Å²) < 4.78 is 2.00. The Bertz CT molecular complexity index is 1340. The molecule has 0 unspecified atom stereocenters. The van der Waals surface area contributed by atoms with E-state index < -0.39 is 0 Å². The molecule has 182 valence electrons. The predicted octanol–water partition coefficient (Wildman–Crippen LogP) is 5.26. The number of nitro groups is 1. The van der Waals surface area contributed by atoms with Gasteiger partial charge in [-0.2, -0.15) is 0 Å². The van der Waals surface area contributed by atoms with Crippen LogP contribution in [0.5, 0.6) is 0 Å². The zero-order valence-corrected chi connectivity index (χ0v) is 20.3. The van der Waals surface area contributed by atoms with Gasteiger partial charge in [0.15, 0.2) is 5.11 Å². The minimum atomic E-state index is -0.373. The van der Waals surface area contributed by atoms with Crippen LogP contribution in [0.1, 0.15) is 29.9 Å². The molecular weight excluding hydrogens is 472 g/mol. The van der Waals surface area contributed by atoms with E-state index in [2.05, 4.69) is 20.5 Å². The van der Waals surface area contributed by atoms with Crippen LogP contribution in [-0.4, -0.2) is 37.6 Å². The maximum atomic E-state index is 11.4. The van der Waals surface area contributed by atoms with Crippen LogP contribution in [0.4, 0.5) is 11.4 Å². The second-order valence-corrected chi connectivity index (χ2v) is 8.93. The number of hydrogen-bond donors (Lipinski definition) is 2. The summed E-state index contributed by atoms with van der Waals surface area (Å²) in [6.07, 6.45) is 4.59. The van der Waals surface area contributed by atoms with Gasteiger partial charge in [-0.15, -0.1) is 0 Å². The van der Waals surface area contributed by atoms with Crippen molar-refractivity contribution >= 4 is 28.7 Å². The van der Waals surface area contributed by atoms with Gasteiger partial charge in [-0.25, -0.2) is 0 Å². The molecule has 2 N–H and O–H groups in total. The van der Waals surface area contributed by atoms with Crippen molar-refractivity contribution in [3.8, 4) is 5.69 Å². The first-order valence-corrected chi connectivity index (χ1v) is 12.2. The van der Waals surface area contributed by atoms with E-state index in [0.29, 0.717) is 5.11 Å². The molecule has 2 aromatic heterocycles. The average molecular weight is 499 g/mol. The number of benzene rings is 2. The number of nitro benzene ring substituents is 1. The second-order valence-electron chi connectivity index (χ2n) is 8.55. The van der Waals surface area contributed by atoms with Crippen molar-refractivity contribution in [2.75, 3.05) is 18.4 Å². The maximum Gasteiger partial charge on any atom is 0.271 e. The lowest BCUT2D eigenvalue weighted by Crippen LogP contribution is -2.32. The van der Waals surface area contributed by atoms with Gasteiger partial charge in [0.1, 0.15) is 0 Å². The molecule has 0 radical (unpaired) electrons. The molecule has 36 heavy (non-hydrogen) atoms. The third kappa shape index (κ3) is 4.92. The van der Waals surface area contributed by atoms with Crippen LogP contribution < -0.4 is 10.6 Å². The molecule has 1 saturated heterocycles. The fourth-order valence-corrected chi connectivity index (χ4v) is 4.96. The minimum absolute atomic E-state index is 0.0531. The summed E-state index contributed by atoms with van der Waals surface area (Å²) >= 11 is 5.79. The first kappa shape index (κ1) is 23.5. The van der Waals surface area contributed by atoms with Crippen molar-refractivity contribution in [3.63, 3.8) is 0 Å². The molecule has 1 aliphatic heterocycles. The number of anilines is 1. The van der Waals surface area contributed by atoms with E-state index in [-0.39, 0.29) is 22.7 Å². The highest BCUT2D eigenvalue weighted by Gasteiger charge is 2.41. The SMILES string of the molecule is O=[N+]([O-])c1cccc(-n2cccc2[C@@H]2[C@H](c3ccccn3)NC(=S)N2CCCNc2ccccc2)c1. The Morgan fingerprint density at radius 2 is 1.86 bits per heavy atom. The minimum Gasteiger partial charge on any atom is -0.385 e. The largest absolute Gasteiger partial charge is 0.385 e. The number of aromatic nitrogens is 2. The van der Waals surface area contributed by atoms with Crippen LogP contribution in [0.15, 0.2) is 97.3 Å². The van der Waals surface area contributed by atoms with Gasteiger partial charge in [0, 0.05) is 49.0 Å². The number of para-hydroxylation sites is 1. The standard InChI is InChI=1S/C27H26N6O2S/c34-33(35)22-12-6-11-21(19-22)31-17-7-14-24(31)26-25(23-13-4-5-15-29-23)30-27(36)32(26)18-8-16-28-20-9-2-1-3-10-20/h1-7,9-15,17,19,25-26,28H,8,16,18H2,(H,30,36)/t25-,26+/m0/s1. The van der Waals surface area contributed by atoms with Gasteiger partial charge >= 0.3 is 0 Å². The van der Waals surface area contributed by atoms with Crippen molar-refractivity contribution in [2.45, 2.75) is 18.5 Å². The molecule has 8 nitrogen and oxygen atoms in total. The monoisotopic (exact) mass is 498 g/mol. The van der Waals surface area contributed by atoms with Gasteiger partial charge in [0.25, 0.3) is 5.69 Å². The molecule has 5 rings (SSSR count). The van der Waals surface area contributed by atoms with Crippen LogP contribution in [0.2, 0.25) is 0 Å². The number of thiocarbonyl (C=S) groups is 1. The van der Waals surface area contributed by atoms with Gasteiger partial charge in [-0.1, -0.05) is 30.3 Å². The Hall–Kier alpha value is -4.24. The smallest absolute Gasteiger partial charge is 0.271 e. The number of nitrogens with one attached hydrogen (secondary N) is 2. The van der Waals surface area contributed by atoms with Crippen LogP contribution in [0, 0.1) is 10.1 Å². The van der Waals surface area contributed by atoms with E-state index in [0.717, 1.165) is 42.3 Å². The lowest BCUT2D eigenvalue weighted by molar-refractivity contribution is -0.384. The quantitative estimate of drug-likeness (QED) is 0.141. The van der Waals surface area contributed by atoms with E-state index in [4.69, 9.17) is 12.2 Å². The molecule has 3 heterocycles. The lowest BCUT2D eigenvalue weighted by Gasteiger charge is -2.29. The molecule has 0 spiro atoms. The summed E-state index contributed by atoms with van der Waals surface area (Å²) in [5, 5.41) is 19.0. The average Bonchev–Trinajstić information content (AvgIpc) is 3.52. The third-order valence-electron chi connectivity index (χ3n) is 6.28. The molecule has 0 amide bonds. The number of nitrogens with zero attached hydrogens (tertiary/aromatic N) is 4. The van der Waals surface area contributed by atoms with E-state index in [1.807, 2.05) is 77.5 Å². The van der Waals surface area contributed by atoms with Crippen molar-refractivity contribution < 1.29 is 4.92 Å². The Morgan fingerprint density at radius 1 is 1.03 bits per heavy atom. The van der Waals surface area contributed by atoms with Gasteiger partial charge in [-0.3, -0.25) is 15.1 Å². The number of rotatable bonds is 9. The molecular formula is C27H26N6O2S. The highest BCUT2D eigenvalue weighted by molar-refractivity contribution is 7.80. The van der Waals surface area contributed by atoms with Crippen LogP contribution in [0.3, 0.4) is 0 Å². The Kier molecular flexibility index (Phi) is 6.90. The van der Waals surface area contributed by atoms with E-state index >= 15 is 0 Å². The van der Waals surface area contributed by atoms with Gasteiger partial charge in [0.2, 0.25) is 0 Å². The third-order valence-corrected chi connectivity index (χ3v) is 6.63. The van der Waals surface area contributed by atoms with Crippen LogP contribution in [-0.2, 0) is 0 Å². The Morgan fingerprint density at radius 3 is 2.64 bits per heavy atom. The molecule has 1 fully saturated rings. The van der Waals surface area contributed by atoms with Crippen molar-refractivity contribution in [1.82, 2.24) is 19.8 Å². The number of hydrogen-bond acceptors (Lipinski definition) is 5. The summed E-state index contributed by atoms with van der Waals surface area (Å²) in [6, 6.07) is 26.4. The molecule has 1 aliphatic rings. The normalized spacial score (nSPS) is 17.1. The Balaban J connectivity index is 1.44. The zero-order chi connectivity index (χ0) is 24.9. The first-order valence-electron chi connectivity index (χ1n) is 11.8. The highest BCUT2D eigenvalue weighted by atomic mass is 32.1. The zero-order valence-electron chi connectivity index (χ0n) is 19.5. The van der Waals surface area contributed by atoms with Crippen molar-refractivity contribution in [3.05, 3.63) is 119 Å². The molecule has 2 atom stereocenters. The maximum absolute atomic E-state index is 11.4. The van der Waals surface area contributed by atoms with Gasteiger partial charge < -0.3 is 20.1 Å². The summed E-state index contributed by atoms with van der Waals surface area (Å²) in [7, 11) is 0. The van der Waals surface area contributed by atoms with Crippen LogP contribution in [0.25, 0.3) is 5.69 Å². The van der Waals surface area contributed by atoms with E-state index in [9.17, 15) is 10.1 Å². The Labute approximate surface area is 214 Å². The second kappa shape index (κ2) is 10.6. The predicted molar refractivity (Wildman–Crippen MR) is 144 cm³/mol. The molecule has 0 aliphatic carbocycles. The summed E-state index contributed by atoms with van der Waals surface area (Å²) in [4.78, 5) is 17.8. The molecule has 2 aromatic carbocycles. The van der Waals surface area contributed by atoms with E-state index in [1.165, 1.54) is 6.07 Å². The molecule has 4 aromatic rings. The van der Waals surface area contributed by atoms with E-state index in [1.54, 1.807) is 18.3 Å². The molecule has 9 heteroatoms. The summed E-state index contributed by atoms with van der Waals surface area (Å²) in [5.74, 6) is 0. The number of pyridine rings is 1. The fraction of sp³-hybridized carbons (Fsp3) is 0.185. The fourth-order valence-electron chi connectivity index (χ4n) is 4.63. The first-order chi connectivity index (χ1) is 17.6. The summed E-state index contributed by atoms with van der Waals surface area (Å²) in [5.41, 5.74) is 3.74. The van der Waals surface area contributed by atoms with Crippen molar-refractivity contribution in [1.29, 1.82) is 0 Å². The number of non-ortho nitro benzene ring substituents is 1. The van der Waals surface area contributed by atoms with Crippen LogP contribution >= 0.6 is 12.2 Å². The molecule has 0 saturated carbocycles. The lowest BCUT2D eigenvalue weighted by atomic mass is 10.0. The molecule has 0 bridgehead atoms. The van der Waals surface area contributed by atoms with Crippen molar-refractivity contribution in [2.24, 2.45) is 0 Å². The van der Waals surface area contributed by atoms with Gasteiger partial charge in [0.05, 0.1) is 28.4 Å². The summed E-state index contributed by atoms with van der Waals surface area (Å²) in [6.45, 7) is 1.54. The highest BCUT2D eigenvalue weighted by Crippen LogP contribution is 2.39.